The van der Waals surface area contributed by atoms with Gasteiger partial charge in [-0.1, -0.05) is 18.6 Å². The normalized spacial score (nSPS) is 16.7. The summed E-state index contributed by atoms with van der Waals surface area (Å²) in [7, 11) is 0. The third-order valence-corrected chi connectivity index (χ3v) is 3.19. The number of hydrogen-bond acceptors (Lipinski definition) is 2. The molecule has 6 N–H and O–H groups in total. The van der Waals surface area contributed by atoms with Crippen molar-refractivity contribution in [2.45, 2.75) is 38.2 Å². The van der Waals surface area contributed by atoms with E-state index >= 15 is 0 Å². The van der Waals surface area contributed by atoms with Crippen molar-refractivity contribution in [3.63, 3.8) is 0 Å². The average Bonchev–Trinajstić information content (AvgIpc) is 2.41. The van der Waals surface area contributed by atoms with E-state index in [2.05, 4.69) is 9.98 Å². The molecule has 1 aliphatic carbocycles. The summed E-state index contributed by atoms with van der Waals surface area (Å²) >= 11 is 0. The Morgan fingerprint density at radius 3 is 2.45 bits per heavy atom. The molecule has 20 heavy (non-hydrogen) atoms. The van der Waals surface area contributed by atoms with Crippen LogP contribution in [0.25, 0.3) is 0 Å². The fraction of sp³-hybridized carbons (Fsp3) is 0.429. The largest absolute Gasteiger partial charge is 0.488 e. The fourth-order valence-electron chi connectivity index (χ4n) is 2.29. The monoisotopic (exact) mass is 275 g/mol. The highest BCUT2D eigenvalue weighted by Gasteiger charge is 2.16. The quantitative estimate of drug-likeness (QED) is 0.574. The summed E-state index contributed by atoms with van der Waals surface area (Å²) in [6.07, 6.45) is 6.14. The van der Waals surface area contributed by atoms with Crippen LogP contribution in [0, 0.1) is 0 Å². The summed E-state index contributed by atoms with van der Waals surface area (Å²) in [6.45, 7) is 0. The highest BCUT2D eigenvalue weighted by atomic mass is 16.5. The van der Waals surface area contributed by atoms with Gasteiger partial charge in [0.1, 0.15) is 11.4 Å². The first-order valence-electron chi connectivity index (χ1n) is 6.84. The smallest absolute Gasteiger partial charge is 0.223 e. The van der Waals surface area contributed by atoms with Gasteiger partial charge in [0, 0.05) is 0 Å². The maximum Gasteiger partial charge on any atom is 0.223 e. The lowest BCUT2D eigenvalue weighted by atomic mass is 9.98. The lowest BCUT2D eigenvalue weighted by molar-refractivity contribution is 0.155. The van der Waals surface area contributed by atoms with E-state index in [-0.39, 0.29) is 18.0 Å². The summed E-state index contributed by atoms with van der Waals surface area (Å²) in [4.78, 5) is 7.89. The summed E-state index contributed by atoms with van der Waals surface area (Å²) in [5.41, 5.74) is 16.8. The third kappa shape index (κ3) is 4.15. The molecule has 108 valence electrons. The van der Waals surface area contributed by atoms with Crippen LogP contribution in [0.4, 0.5) is 5.69 Å². The molecule has 0 atom stereocenters. The van der Waals surface area contributed by atoms with Crippen LogP contribution >= 0.6 is 0 Å². The van der Waals surface area contributed by atoms with E-state index in [1.54, 1.807) is 0 Å². The van der Waals surface area contributed by atoms with Gasteiger partial charge in [0.2, 0.25) is 5.96 Å². The van der Waals surface area contributed by atoms with Crippen LogP contribution < -0.4 is 21.9 Å². The first-order chi connectivity index (χ1) is 9.65. The number of nitrogens with zero attached hydrogens (tertiary/aromatic N) is 2. The minimum atomic E-state index is -0.114. The Labute approximate surface area is 118 Å². The van der Waals surface area contributed by atoms with Crippen molar-refractivity contribution in [2.24, 2.45) is 27.2 Å². The maximum atomic E-state index is 6.02. The predicted octanol–water partition coefficient (Wildman–Crippen LogP) is 1.62. The Hall–Kier alpha value is -2.24. The molecule has 1 saturated carbocycles. The molecule has 6 heteroatoms. The van der Waals surface area contributed by atoms with Crippen LogP contribution in [-0.4, -0.2) is 18.0 Å². The van der Waals surface area contributed by atoms with Crippen molar-refractivity contribution < 1.29 is 4.74 Å². The van der Waals surface area contributed by atoms with Gasteiger partial charge in [-0.25, -0.2) is 4.99 Å². The van der Waals surface area contributed by atoms with Crippen molar-refractivity contribution in [3.05, 3.63) is 24.3 Å². The van der Waals surface area contributed by atoms with Crippen LogP contribution in [0.2, 0.25) is 0 Å². The molecule has 0 unspecified atom stereocenters. The van der Waals surface area contributed by atoms with E-state index in [1.165, 1.54) is 19.3 Å². The number of aliphatic imine (C=N–C) groups is 2. The van der Waals surface area contributed by atoms with Gasteiger partial charge in [0.15, 0.2) is 5.96 Å². The van der Waals surface area contributed by atoms with E-state index in [9.17, 15) is 0 Å². The summed E-state index contributed by atoms with van der Waals surface area (Å²) in [6, 6.07) is 7.49. The van der Waals surface area contributed by atoms with Crippen molar-refractivity contribution in [2.75, 3.05) is 0 Å². The first kappa shape index (κ1) is 14.2. The van der Waals surface area contributed by atoms with Crippen LogP contribution in [0.1, 0.15) is 32.1 Å². The zero-order valence-corrected chi connectivity index (χ0v) is 11.5. The molecule has 0 saturated heterocycles. The number of guanidine groups is 2. The van der Waals surface area contributed by atoms with Gasteiger partial charge < -0.3 is 21.9 Å². The molecule has 0 aliphatic heterocycles. The van der Waals surface area contributed by atoms with Gasteiger partial charge in [-0.15, -0.1) is 0 Å². The number of benzene rings is 1. The Morgan fingerprint density at radius 2 is 1.75 bits per heavy atom. The van der Waals surface area contributed by atoms with Gasteiger partial charge in [-0.2, -0.15) is 4.99 Å². The van der Waals surface area contributed by atoms with E-state index in [4.69, 9.17) is 21.9 Å². The van der Waals surface area contributed by atoms with Gasteiger partial charge in [-0.05, 0) is 37.8 Å². The Morgan fingerprint density at radius 1 is 1.05 bits per heavy atom. The minimum absolute atomic E-state index is 0.0182. The van der Waals surface area contributed by atoms with E-state index in [0.717, 1.165) is 12.8 Å². The van der Waals surface area contributed by atoms with Gasteiger partial charge in [0.05, 0.1) is 6.10 Å². The molecular formula is C14H21N5O. The third-order valence-electron chi connectivity index (χ3n) is 3.19. The highest BCUT2D eigenvalue weighted by Crippen LogP contribution is 2.31. The van der Waals surface area contributed by atoms with Crippen molar-refractivity contribution in [1.29, 1.82) is 0 Å². The zero-order chi connectivity index (χ0) is 14.4. The second kappa shape index (κ2) is 6.79. The number of rotatable bonds is 3. The standard InChI is InChI=1S/C14H21N5O/c15-13(16)19-14(17)18-11-8-4-5-9-12(11)20-10-6-2-1-3-7-10/h4-5,8-10H,1-3,6-7H2,(H6,15,16,17,18,19). The summed E-state index contributed by atoms with van der Waals surface area (Å²) in [5, 5.41) is 0. The SMILES string of the molecule is NC(N)=NC(N)=Nc1ccccc1OC1CCCCC1. The highest BCUT2D eigenvalue weighted by molar-refractivity contribution is 5.93. The van der Waals surface area contributed by atoms with Gasteiger partial charge in [-0.3, -0.25) is 0 Å². The number of ether oxygens (including phenoxy) is 1. The van der Waals surface area contributed by atoms with Crippen molar-refractivity contribution in [3.8, 4) is 5.75 Å². The Bertz CT molecular complexity index is 502. The van der Waals surface area contributed by atoms with Gasteiger partial charge in [0.25, 0.3) is 0 Å². The second-order valence-electron chi connectivity index (χ2n) is 4.85. The fourth-order valence-corrected chi connectivity index (χ4v) is 2.29. The molecule has 0 spiro atoms. The van der Waals surface area contributed by atoms with E-state index in [1.807, 2.05) is 24.3 Å². The molecule has 1 aromatic rings. The van der Waals surface area contributed by atoms with Crippen molar-refractivity contribution >= 4 is 17.6 Å². The first-order valence-corrected chi connectivity index (χ1v) is 6.84. The molecule has 1 fully saturated rings. The van der Waals surface area contributed by atoms with Crippen LogP contribution in [-0.2, 0) is 0 Å². The topological polar surface area (TPSA) is 112 Å². The number of para-hydroxylation sites is 2. The van der Waals surface area contributed by atoms with Crippen molar-refractivity contribution in [1.82, 2.24) is 0 Å². The molecule has 0 amide bonds. The number of hydrogen-bond donors (Lipinski definition) is 3. The van der Waals surface area contributed by atoms with Gasteiger partial charge >= 0.3 is 0 Å². The van der Waals surface area contributed by atoms with Crippen LogP contribution in [0.5, 0.6) is 5.75 Å². The summed E-state index contributed by atoms with van der Waals surface area (Å²) < 4.78 is 6.02. The Balaban J connectivity index is 2.15. The average molecular weight is 275 g/mol. The molecule has 0 aromatic heterocycles. The zero-order valence-electron chi connectivity index (χ0n) is 11.5. The lowest BCUT2D eigenvalue weighted by Crippen LogP contribution is -2.26. The summed E-state index contributed by atoms with van der Waals surface area (Å²) in [5.74, 6) is 0.620. The van der Waals surface area contributed by atoms with E-state index in [0.29, 0.717) is 11.4 Å². The van der Waals surface area contributed by atoms with E-state index < -0.39 is 0 Å². The molecule has 1 aliphatic rings. The minimum Gasteiger partial charge on any atom is -0.488 e. The number of nitrogens with two attached hydrogens (primary N) is 3. The molecule has 1 aromatic carbocycles. The second-order valence-corrected chi connectivity index (χ2v) is 4.85. The molecule has 2 rings (SSSR count). The molecule has 0 bridgehead atoms. The maximum absolute atomic E-state index is 6.02. The lowest BCUT2D eigenvalue weighted by Gasteiger charge is -2.23. The van der Waals surface area contributed by atoms with Crippen LogP contribution in [0.15, 0.2) is 34.3 Å². The molecule has 6 nitrogen and oxygen atoms in total. The van der Waals surface area contributed by atoms with Crippen LogP contribution in [0.3, 0.4) is 0 Å². The Kier molecular flexibility index (Phi) is 4.81. The molecule has 0 heterocycles. The molecule has 0 radical (unpaired) electrons. The molecular weight excluding hydrogens is 254 g/mol. The predicted molar refractivity (Wildman–Crippen MR) is 81.0 cm³/mol.